The first-order chi connectivity index (χ1) is 10.2. The van der Waals surface area contributed by atoms with Gasteiger partial charge in [-0.2, -0.15) is 4.98 Å². The molecule has 0 spiro atoms. The number of anilines is 2. The third-order valence-corrected chi connectivity index (χ3v) is 3.17. The predicted molar refractivity (Wildman–Crippen MR) is 88.8 cm³/mol. The Morgan fingerprint density at radius 1 is 1.14 bits per heavy atom. The van der Waals surface area contributed by atoms with Gasteiger partial charge in [-0.05, 0) is 32.3 Å². The second kappa shape index (κ2) is 7.62. The number of aromatic nitrogens is 2. The topological polar surface area (TPSA) is 49.8 Å². The Hall–Kier alpha value is -2.10. The van der Waals surface area contributed by atoms with Crippen LogP contribution in [0.1, 0.15) is 31.5 Å². The zero-order chi connectivity index (χ0) is 15.1. The van der Waals surface area contributed by atoms with Crippen LogP contribution in [0.4, 0.5) is 11.8 Å². The largest absolute Gasteiger partial charge is 0.367 e. The van der Waals surface area contributed by atoms with E-state index >= 15 is 0 Å². The highest BCUT2D eigenvalue weighted by Crippen LogP contribution is 2.12. The molecule has 1 heterocycles. The summed E-state index contributed by atoms with van der Waals surface area (Å²) in [4.78, 5) is 8.92. The van der Waals surface area contributed by atoms with Crippen molar-refractivity contribution < 1.29 is 0 Å². The van der Waals surface area contributed by atoms with Crippen molar-refractivity contribution >= 4 is 11.8 Å². The molecule has 1 atom stereocenters. The van der Waals surface area contributed by atoms with Gasteiger partial charge in [-0.1, -0.05) is 37.3 Å². The van der Waals surface area contributed by atoms with Crippen molar-refractivity contribution in [2.24, 2.45) is 0 Å². The van der Waals surface area contributed by atoms with Crippen LogP contribution in [0.3, 0.4) is 0 Å². The smallest absolute Gasteiger partial charge is 0.224 e. The molecule has 112 valence electrons. The molecule has 0 aliphatic rings. The van der Waals surface area contributed by atoms with Gasteiger partial charge < -0.3 is 10.6 Å². The van der Waals surface area contributed by atoms with Crippen LogP contribution in [-0.2, 0) is 6.42 Å². The minimum Gasteiger partial charge on any atom is -0.367 e. The number of hydrogen-bond donors (Lipinski definition) is 2. The van der Waals surface area contributed by atoms with E-state index in [2.05, 4.69) is 58.7 Å². The molecule has 0 fully saturated rings. The molecule has 0 aliphatic heterocycles. The summed E-state index contributed by atoms with van der Waals surface area (Å²) >= 11 is 0. The molecule has 0 aliphatic carbocycles. The third-order valence-electron chi connectivity index (χ3n) is 3.17. The maximum Gasteiger partial charge on any atom is 0.224 e. The van der Waals surface area contributed by atoms with E-state index in [0.29, 0.717) is 12.0 Å². The van der Waals surface area contributed by atoms with Gasteiger partial charge in [0.2, 0.25) is 5.95 Å². The first-order valence-corrected chi connectivity index (χ1v) is 7.57. The molecule has 0 bridgehead atoms. The van der Waals surface area contributed by atoms with Crippen LogP contribution in [0.5, 0.6) is 0 Å². The number of aryl methyl sites for hydroxylation is 1. The second-order valence-corrected chi connectivity index (χ2v) is 5.38. The molecule has 1 unspecified atom stereocenters. The minimum absolute atomic E-state index is 0.320. The monoisotopic (exact) mass is 284 g/mol. The highest BCUT2D eigenvalue weighted by molar-refractivity contribution is 5.43. The van der Waals surface area contributed by atoms with Gasteiger partial charge in [0.1, 0.15) is 5.82 Å². The maximum absolute atomic E-state index is 4.52. The average Bonchev–Trinajstić information content (AvgIpc) is 2.45. The third kappa shape index (κ3) is 5.06. The van der Waals surface area contributed by atoms with Crippen molar-refractivity contribution in [3.05, 3.63) is 47.7 Å². The molecular formula is C17H24N4. The molecule has 0 amide bonds. The number of nitrogens with one attached hydrogen (secondary N) is 2. The maximum atomic E-state index is 4.52. The molecule has 1 aromatic carbocycles. The van der Waals surface area contributed by atoms with E-state index < -0.39 is 0 Å². The lowest BCUT2D eigenvalue weighted by Gasteiger charge is -2.16. The zero-order valence-electron chi connectivity index (χ0n) is 13.1. The average molecular weight is 284 g/mol. The standard InChI is InChI=1S/C17H24N4/c1-4-10-18-17-20-14(3)12-16(21-17)19-13(2)11-15-8-6-5-7-9-15/h5-9,12-13H,4,10-11H2,1-3H3,(H2,18,19,20,21). The van der Waals surface area contributed by atoms with Crippen molar-refractivity contribution in [3.63, 3.8) is 0 Å². The number of benzene rings is 1. The first-order valence-electron chi connectivity index (χ1n) is 7.57. The van der Waals surface area contributed by atoms with Gasteiger partial charge in [0.25, 0.3) is 0 Å². The number of nitrogens with zero attached hydrogens (tertiary/aromatic N) is 2. The summed E-state index contributed by atoms with van der Waals surface area (Å²) in [5.41, 5.74) is 2.30. The van der Waals surface area contributed by atoms with Crippen molar-refractivity contribution in [1.82, 2.24) is 9.97 Å². The molecule has 4 heteroatoms. The summed E-state index contributed by atoms with van der Waals surface area (Å²) in [6, 6.07) is 12.8. The van der Waals surface area contributed by atoms with Gasteiger partial charge in [0, 0.05) is 24.3 Å². The fraction of sp³-hybridized carbons (Fsp3) is 0.412. The van der Waals surface area contributed by atoms with Crippen molar-refractivity contribution in [2.45, 2.75) is 39.7 Å². The minimum atomic E-state index is 0.320. The quantitative estimate of drug-likeness (QED) is 0.815. The Kier molecular flexibility index (Phi) is 5.55. The Labute approximate surface area is 127 Å². The van der Waals surface area contributed by atoms with E-state index in [1.54, 1.807) is 0 Å². The molecule has 0 saturated carbocycles. The van der Waals surface area contributed by atoms with Crippen molar-refractivity contribution in [3.8, 4) is 0 Å². The molecule has 2 N–H and O–H groups in total. The fourth-order valence-corrected chi connectivity index (χ4v) is 2.23. The molecule has 4 nitrogen and oxygen atoms in total. The second-order valence-electron chi connectivity index (χ2n) is 5.38. The molecule has 2 aromatic rings. The predicted octanol–water partition coefficient (Wildman–Crippen LogP) is 3.65. The van der Waals surface area contributed by atoms with Gasteiger partial charge in [-0.3, -0.25) is 0 Å². The van der Waals surface area contributed by atoms with E-state index in [9.17, 15) is 0 Å². The van der Waals surface area contributed by atoms with Crippen LogP contribution >= 0.6 is 0 Å². The molecule has 1 aromatic heterocycles. The van der Waals surface area contributed by atoms with E-state index in [4.69, 9.17) is 0 Å². The number of rotatable bonds is 7. The lowest BCUT2D eigenvalue weighted by atomic mass is 10.1. The van der Waals surface area contributed by atoms with Gasteiger partial charge in [0.05, 0.1) is 0 Å². The Balaban J connectivity index is 1.99. The fourth-order valence-electron chi connectivity index (χ4n) is 2.23. The highest BCUT2D eigenvalue weighted by Gasteiger charge is 2.06. The van der Waals surface area contributed by atoms with Crippen LogP contribution in [0.15, 0.2) is 36.4 Å². The highest BCUT2D eigenvalue weighted by atomic mass is 15.1. The van der Waals surface area contributed by atoms with Gasteiger partial charge in [-0.15, -0.1) is 0 Å². The van der Waals surface area contributed by atoms with E-state index in [0.717, 1.165) is 30.9 Å². The Morgan fingerprint density at radius 3 is 2.62 bits per heavy atom. The van der Waals surface area contributed by atoms with Crippen LogP contribution in [0.2, 0.25) is 0 Å². The zero-order valence-corrected chi connectivity index (χ0v) is 13.1. The lowest BCUT2D eigenvalue weighted by Crippen LogP contribution is -2.19. The summed E-state index contributed by atoms with van der Waals surface area (Å²) in [6.45, 7) is 7.18. The van der Waals surface area contributed by atoms with Crippen LogP contribution in [0.25, 0.3) is 0 Å². The summed E-state index contributed by atoms with van der Waals surface area (Å²) in [5.74, 6) is 1.58. The van der Waals surface area contributed by atoms with Gasteiger partial charge in [-0.25, -0.2) is 4.98 Å². The summed E-state index contributed by atoms with van der Waals surface area (Å²) in [6.07, 6.45) is 2.03. The van der Waals surface area contributed by atoms with Crippen molar-refractivity contribution in [1.29, 1.82) is 0 Å². The SMILES string of the molecule is CCCNc1nc(C)cc(NC(C)Cc2ccccc2)n1. The first kappa shape index (κ1) is 15.3. The number of hydrogen-bond acceptors (Lipinski definition) is 4. The molecule has 21 heavy (non-hydrogen) atoms. The van der Waals surface area contributed by atoms with Crippen LogP contribution in [-0.4, -0.2) is 22.6 Å². The molecular weight excluding hydrogens is 260 g/mol. The van der Waals surface area contributed by atoms with E-state index in [1.807, 2.05) is 19.1 Å². The van der Waals surface area contributed by atoms with E-state index in [-0.39, 0.29) is 0 Å². The van der Waals surface area contributed by atoms with Gasteiger partial charge in [0.15, 0.2) is 0 Å². The molecule has 0 radical (unpaired) electrons. The molecule has 0 saturated heterocycles. The van der Waals surface area contributed by atoms with Crippen molar-refractivity contribution in [2.75, 3.05) is 17.2 Å². The van der Waals surface area contributed by atoms with Gasteiger partial charge >= 0.3 is 0 Å². The van der Waals surface area contributed by atoms with Crippen LogP contribution < -0.4 is 10.6 Å². The summed E-state index contributed by atoms with van der Waals surface area (Å²) < 4.78 is 0. The lowest BCUT2D eigenvalue weighted by molar-refractivity contribution is 0.783. The Morgan fingerprint density at radius 2 is 1.90 bits per heavy atom. The normalized spacial score (nSPS) is 12.0. The van der Waals surface area contributed by atoms with E-state index in [1.165, 1.54) is 5.56 Å². The Bertz CT molecular complexity index is 554. The van der Waals surface area contributed by atoms with Crippen LogP contribution in [0, 0.1) is 6.92 Å². The summed E-state index contributed by atoms with van der Waals surface area (Å²) in [5, 5.41) is 6.69. The summed E-state index contributed by atoms with van der Waals surface area (Å²) in [7, 11) is 0. The molecule has 2 rings (SSSR count).